The maximum Gasteiger partial charge on any atom is 0.370 e. The smallest absolute Gasteiger partial charge is 0.370 e. The van der Waals surface area contributed by atoms with Crippen LogP contribution in [-0.4, -0.2) is 45.1 Å². The number of aromatic nitrogens is 3. The lowest BCUT2D eigenvalue weighted by Crippen LogP contribution is -2.43. The molecule has 2 N–H and O–H groups in total. The summed E-state index contributed by atoms with van der Waals surface area (Å²) >= 11 is 0. The third-order valence-electron chi connectivity index (χ3n) is 4.69. The second-order valence-corrected chi connectivity index (χ2v) is 6.04. The van der Waals surface area contributed by atoms with Gasteiger partial charge in [0.05, 0.1) is 16.7 Å². The van der Waals surface area contributed by atoms with Crippen molar-refractivity contribution in [2.75, 3.05) is 31.1 Å². The molecule has 0 unspecified atom stereocenters. The molecule has 1 fully saturated rings. The van der Waals surface area contributed by atoms with E-state index in [2.05, 4.69) is 5.32 Å². The van der Waals surface area contributed by atoms with Crippen LogP contribution in [0, 0.1) is 5.82 Å². The molecule has 25 heavy (non-hydrogen) atoms. The molecule has 1 saturated heterocycles. The van der Waals surface area contributed by atoms with Gasteiger partial charge in [-0.25, -0.2) is 13.6 Å². The highest BCUT2D eigenvalue weighted by molar-refractivity contribution is 5.85. The van der Waals surface area contributed by atoms with E-state index in [-0.39, 0.29) is 4.73 Å². The van der Waals surface area contributed by atoms with E-state index in [1.807, 2.05) is 11.8 Å². The molecule has 0 spiro atoms. The molecule has 0 bridgehead atoms. The average molecular weight is 347 g/mol. The van der Waals surface area contributed by atoms with E-state index in [4.69, 9.17) is 0 Å². The van der Waals surface area contributed by atoms with Gasteiger partial charge in [-0.2, -0.15) is 0 Å². The molecule has 1 aromatic carbocycles. The lowest BCUT2D eigenvalue weighted by atomic mass is 10.2. The van der Waals surface area contributed by atoms with E-state index in [0.29, 0.717) is 42.0 Å². The molecular weight excluding hydrogens is 329 g/mol. The third-order valence-corrected chi connectivity index (χ3v) is 4.69. The van der Waals surface area contributed by atoms with E-state index >= 15 is 0 Å². The molecular formula is C16H18FN5O3. The Hall–Kier alpha value is -2.81. The van der Waals surface area contributed by atoms with E-state index in [9.17, 15) is 19.2 Å². The van der Waals surface area contributed by atoms with Gasteiger partial charge in [-0.15, -0.1) is 0 Å². The van der Waals surface area contributed by atoms with Crippen LogP contribution in [-0.2, 0) is 6.54 Å². The Labute approximate surface area is 141 Å². The van der Waals surface area contributed by atoms with Gasteiger partial charge >= 0.3 is 5.69 Å². The average Bonchev–Trinajstić information content (AvgIpc) is 2.92. The maximum absolute atomic E-state index is 14.7. The number of rotatable bonds is 2. The minimum atomic E-state index is -0.908. The van der Waals surface area contributed by atoms with Crippen LogP contribution in [0.3, 0.4) is 0 Å². The van der Waals surface area contributed by atoms with E-state index in [1.54, 1.807) is 10.6 Å². The number of imidazole rings is 1. The molecule has 0 aliphatic carbocycles. The second-order valence-electron chi connectivity index (χ2n) is 6.04. The molecule has 1 aliphatic heterocycles. The van der Waals surface area contributed by atoms with Gasteiger partial charge < -0.3 is 20.0 Å². The monoisotopic (exact) mass is 347 g/mol. The minimum Gasteiger partial charge on any atom is -0.421 e. The predicted octanol–water partition coefficient (Wildman–Crippen LogP) is 0.222. The van der Waals surface area contributed by atoms with Crippen molar-refractivity contribution in [1.29, 1.82) is 0 Å². The summed E-state index contributed by atoms with van der Waals surface area (Å²) in [6.07, 6.45) is 0. The summed E-state index contributed by atoms with van der Waals surface area (Å²) in [5, 5.41) is 12.9. The Morgan fingerprint density at radius 1 is 1.16 bits per heavy atom. The largest absolute Gasteiger partial charge is 0.421 e. The number of fused-ring (bicyclic) bond motifs is 3. The van der Waals surface area contributed by atoms with Crippen LogP contribution in [0.5, 0.6) is 0 Å². The van der Waals surface area contributed by atoms with Gasteiger partial charge in [0.1, 0.15) is 11.5 Å². The zero-order chi connectivity index (χ0) is 17.7. The summed E-state index contributed by atoms with van der Waals surface area (Å²) in [4.78, 5) is 26.0. The van der Waals surface area contributed by atoms with Crippen molar-refractivity contribution in [2.45, 2.75) is 13.5 Å². The summed E-state index contributed by atoms with van der Waals surface area (Å²) in [6, 6.07) is 4.17. The van der Waals surface area contributed by atoms with E-state index < -0.39 is 17.1 Å². The molecule has 4 rings (SSSR count). The van der Waals surface area contributed by atoms with Crippen molar-refractivity contribution in [3.05, 3.63) is 44.9 Å². The van der Waals surface area contributed by atoms with Crippen LogP contribution in [0.25, 0.3) is 16.7 Å². The van der Waals surface area contributed by atoms with Gasteiger partial charge in [0.2, 0.25) is 0 Å². The Morgan fingerprint density at radius 3 is 2.56 bits per heavy atom. The molecule has 0 amide bonds. The van der Waals surface area contributed by atoms with Gasteiger partial charge in [0, 0.05) is 44.9 Å². The van der Waals surface area contributed by atoms with Crippen molar-refractivity contribution < 1.29 is 9.60 Å². The fourth-order valence-electron chi connectivity index (χ4n) is 3.49. The van der Waals surface area contributed by atoms with Gasteiger partial charge in [-0.05, 0) is 13.0 Å². The molecule has 3 aromatic rings. The number of benzene rings is 1. The van der Waals surface area contributed by atoms with Crippen molar-refractivity contribution >= 4 is 22.4 Å². The van der Waals surface area contributed by atoms with E-state index in [1.165, 1.54) is 12.1 Å². The number of nitrogens with one attached hydrogen (secondary N) is 1. The van der Waals surface area contributed by atoms with Gasteiger partial charge in [0.15, 0.2) is 0 Å². The highest BCUT2D eigenvalue weighted by Crippen LogP contribution is 2.28. The standard InChI is InChI=1S/C16H18FN5O3/c1-2-20-12-8-11(19-5-3-18-4-6-19)10(17)7-13(12)21-14(20)9-15(23)22(25)16(21)24/h7-9,18,25H,2-6H2,1H3. The van der Waals surface area contributed by atoms with E-state index in [0.717, 1.165) is 17.5 Å². The summed E-state index contributed by atoms with van der Waals surface area (Å²) in [5.74, 6) is -0.438. The summed E-state index contributed by atoms with van der Waals surface area (Å²) < 4.78 is 17.7. The first-order chi connectivity index (χ1) is 12.0. The fourth-order valence-corrected chi connectivity index (χ4v) is 3.49. The Kier molecular flexibility index (Phi) is 3.53. The first kappa shape index (κ1) is 15.7. The van der Waals surface area contributed by atoms with Crippen molar-refractivity contribution in [1.82, 2.24) is 19.0 Å². The number of hydrogen-bond acceptors (Lipinski definition) is 5. The molecule has 0 saturated carbocycles. The second kappa shape index (κ2) is 5.62. The molecule has 1 aliphatic rings. The van der Waals surface area contributed by atoms with Crippen LogP contribution in [0.1, 0.15) is 6.92 Å². The first-order valence-electron chi connectivity index (χ1n) is 8.18. The van der Waals surface area contributed by atoms with Gasteiger partial charge in [-0.1, -0.05) is 4.73 Å². The van der Waals surface area contributed by atoms with Gasteiger partial charge in [0.25, 0.3) is 5.56 Å². The number of anilines is 1. The molecule has 2 aromatic heterocycles. The number of nitrogens with zero attached hydrogens (tertiary/aromatic N) is 4. The van der Waals surface area contributed by atoms with Crippen LogP contribution in [0.2, 0.25) is 0 Å². The number of hydrogen-bond donors (Lipinski definition) is 2. The number of halogens is 1. The Bertz CT molecular complexity index is 1090. The summed E-state index contributed by atoms with van der Waals surface area (Å²) in [7, 11) is 0. The summed E-state index contributed by atoms with van der Waals surface area (Å²) in [5.41, 5.74) is 0.0360. The van der Waals surface area contributed by atoms with Crippen LogP contribution < -0.4 is 21.5 Å². The zero-order valence-corrected chi connectivity index (χ0v) is 13.7. The molecule has 8 nitrogen and oxygen atoms in total. The molecule has 0 atom stereocenters. The minimum absolute atomic E-state index is 0.0363. The normalized spacial score (nSPS) is 15.4. The first-order valence-corrected chi connectivity index (χ1v) is 8.18. The zero-order valence-electron chi connectivity index (χ0n) is 13.7. The summed E-state index contributed by atoms with van der Waals surface area (Å²) in [6.45, 7) is 5.30. The molecule has 3 heterocycles. The fraction of sp³-hybridized carbons (Fsp3) is 0.375. The Balaban J connectivity index is 2.08. The Morgan fingerprint density at radius 2 is 1.88 bits per heavy atom. The highest BCUT2D eigenvalue weighted by atomic mass is 19.1. The SMILES string of the molecule is CCn1c2cc(N3CCNCC3)c(F)cc2n2c(=O)n(O)c(=O)cc12. The predicted molar refractivity (Wildman–Crippen MR) is 91.3 cm³/mol. The molecule has 132 valence electrons. The molecule has 0 radical (unpaired) electrons. The highest BCUT2D eigenvalue weighted by Gasteiger charge is 2.20. The van der Waals surface area contributed by atoms with Crippen molar-refractivity contribution in [3.63, 3.8) is 0 Å². The van der Waals surface area contributed by atoms with Crippen LogP contribution in [0.4, 0.5) is 10.1 Å². The quantitative estimate of drug-likeness (QED) is 0.648. The third kappa shape index (κ3) is 2.23. The number of piperazine rings is 1. The van der Waals surface area contributed by atoms with Gasteiger partial charge in [-0.3, -0.25) is 4.79 Å². The molecule has 9 heteroatoms. The van der Waals surface area contributed by atoms with Crippen LogP contribution in [0.15, 0.2) is 27.8 Å². The maximum atomic E-state index is 14.7. The number of aryl methyl sites for hydroxylation is 1. The van der Waals surface area contributed by atoms with Crippen molar-refractivity contribution in [3.8, 4) is 0 Å². The lowest BCUT2D eigenvalue weighted by Gasteiger charge is -2.29. The topological polar surface area (TPSA) is 83.9 Å². The lowest BCUT2D eigenvalue weighted by molar-refractivity contribution is 0.159. The van der Waals surface area contributed by atoms with Crippen molar-refractivity contribution in [2.24, 2.45) is 0 Å². The van der Waals surface area contributed by atoms with Crippen LogP contribution >= 0.6 is 0 Å².